The van der Waals surface area contributed by atoms with Crippen LogP contribution in [0.5, 0.6) is 0 Å². The molecule has 0 aliphatic heterocycles. The molecule has 0 spiro atoms. The molecule has 29 heavy (non-hydrogen) atoms. The van der Waals surface area contributed by atoms with Crippen LogP contribution in [-0.4, -0.2) is 98.2 Å². The Balaban J connectivity index is 5.27. The van der Waals surface area contributed by atoms with E-state index in [0.29, 0.717) is 0 Å². The van der Waals surface area contributed by atoms with E-state index in [1.165, 1.54) is 6.92 Å². The number of carbonyl (C=O) groups is 5. The van der Waals surface area contributed by atoms with Gasteiger partial charge >= 0.3 is 11.9 Å². The molecule has 0 aliphatic rings. The van der Waals surface area contributed by atoms with Crippen molar-refractivity contribution < 1.29 is 49.5 Å². The van der Waals surface area contributed by atoms with Gasteiger partial charge in [-0.25, -0.2) is 4.79 Å². The van der Waals surface area contributed by atoms with Crippen LogP contribution in [0.4, 0.5) is 0 Å². The molecule has 14 heteroatoms. The number of nitrogens with two attached hydrogens (primary N) is 1. The van der Waals surface area contributed by atoms with E-state index in [4.69, 9.17) is 15.9 Å². The molecule has 14 nitrogen and oxygen atoms in total. The number of aliphatic carboxylic acids is 2. The fourth-order valence-electron chi connectivity index (χ4n) is 1.98. The van der Waals surface area contributed by atoms with E-state index in [0.717, 1.165) is 6.92 Å². The summed E-state index contributed by atoms with van der Waals surface area (Å²) in [5, 5.41) is 51.7. The number of carbonyl (C=O) groups excluding carboxylic acids is 3. The van der Waals surface area contributed by atoms with Gasteiger partial charge in [0.1, 0.15) is 18.1 Å². The molecular weight excluding hydrogens is 396 g/mol. The van der Waals surface area contributed by atoms with Crippen molar-refractivity contribution in [2.45, 2.75) is 56.6 Å². The van der Waals surface area contributed by atoms with Crippen molar-refractivity contribution in [3.05, 3.63) is 0 Å². The molecule has 10 N–H and O–H groups in total. The van der Waals surface area contributed by atoms with Gasteiger partial charge in [-0.2, -0.15) is 0 Å². The van der Waals surface area contributed by atoms with Crippen molar-refractivity contribution in [3.63, 3.8) is 0 Å². The average molecular weight is 422 g/mol. The molecule has 6 unspecified atom stereocenters. The van der Waals surface area contributed by atoms with Gasteiger partial charge < -0.3 is 47.2 Å². The third-order valence-corrected chi connectivity index (χ3v) is 3.70. The van der Waals surface area contributed by atoms with Gasteiger partial charge in [-0.1, -0.05) is 0 Å². The van der Waals surface area contributed by atoms with Crippen molar-refractivity contribution in [3.8, 4) is 0 Å². The quantitative estimate of drug-likeness (QED) is 0.144. The van der Waals surface area contributed by atoms with E-state index in [-0.39, 0.29) is 0 Å². The van der Waals surface area contributed by atoms with E-state index >= 15 is 0 Å². The van der Waals surface area contributed by atoms with E-state index in [9.17, 15) is 39.3 Å². The maximum absolute atomic E-state index is 12.3. The van der Waals surface area contributed by atoms with Crippen LogP contribution in [0.1, 0.15) is 20.3 Å². The summed E-state index contributed by atoms with van der Waals surface area (Å²) >= 11 is 0. The fourth-order valence-corrected chi connectivity index (χ4v) is 1.98. The first-order valence-electron chi connectivity index (χ1n) is 8.40. The molecule has 166 valence electrons. The van der Waals surface area contributed by atoms with Crippen LogP contribution in [0.25, 0.3) is 0 Å². The Bertz CT molecular complexity index is 624. The van der Waals surface area contributed by atoms with Crippen molar-refractivity contribution in [1.29, 1.82) is 0 Å². The van der Waals surface area contributed by atoms with Gasteiger partial charge in [-0.3, -0.25) is 19.2 Å². The molecule has 0 aliphatic carbocycles. The van der Waals surface area contributed by atoms with Gasteiger partial charge in [-0.15, -0.1) is 0 Å². The van der Waals surface area contributed by atoms with E-state index in [1.807, 2.05) is 16.0 Å². The fraction of sp³-hybridized carbons (Fsp3) is 0.667. The SMILES string of the molecule is CC(O)C(N)C(=O)NC(CC(=O)O)C(=O)NC(CO)C(=O)NC(C(=O)O)C(C)O. The van der Waals surface area contributed by atoms with Gasteiger partial charge in [0.25, 0.3) is 0 Å². The molecule has 0 heterocycles. The number of carboxylic acid groups (broad SMARTS) is 2. The summed E-state index contributed by atoms with van der Waals surface area (Å²) in [5.74, 6) is -6.45. The van der Waals surface area contributed by atoms with Crippen LogP contribution in [0, 0.1) is 0 Å². The molecule has 0 radical (unpaired) electrons. The molecule has 0 saturated carbocycles. The number of carboxylic acids is 2. The molecule has 6 atom stereocenters. The Hall–Kier alpha value is -2.81. The first kappa shape index (κ1) is 26.2. The lowest BCUT2D eigenvalue weighted by atomic mass is 10.1. The zero-order chi connectivity index (χ0) is 22.9. The standard InChI is InChI=1S/C15H26N4O10/c1-5(21)10(16)14(27)17-7(3-9(23)24)12(25)18-8(4-20)13(26)19-11(6(2)22)15(28)29/h5-8,10-11,20-22H,3-4,16H2,1-2H3,(H,17,27)(H,18,25)(H,19,26)(H,23,24)(H,28,29). The summed E-state index contributed by atoms with van der Waals surface area (Å²) in [7, 11) is 0. The van der Waals surface area contributed by atoms with Crippen molar-refractivity contribution in [2.24, 2.45) is 5.73 Å². The normalized spacial score (nSPS) is 17.0. The minimum atomic E-state index is -1.73. The number of amides is 3. The number of rotatable bonds is 12. The zero-order valence-electron chi connectivity index (χ0n) is 15.7. The van der Waals surface area contributed by atoms with Gasteiger partial charge in [-0.05, 0) is 13.8 Å². The average Bonchev–Trinajstić information content (AvgIpc) is 2.61. The van der Waals surface area contributed by atoms with Gasteiger partial charge in [0.2, 0.25) is 17.7 Å². The second-order valence-corrected chi connectivity index (χ2v) is 6.23. The lowest BCUT2D eigenvalue weighted by Gasteiger charge is -2.24. The summed E-state index contributed by atoms with van der Waals surface area (Å²) in [6.07, 6.45) is -3.70. The third kappa shape index (κ3) is 8.82. The number of hydrogen-bond donors (Lipinski definition) is 9. The number of aliphatic hydroxyl groups is 3. The van der Waals surface area contributed by atoms with Crippen molar-refractivity contribution in [2.75, 3.05) is 6.61 Å². The zero-order valence-corrected chi connectivity index (χ0v) is 15.7. The smallest absolute Gasteiger partial charge is 0.328 e. The largest absolute Gasteiger partial charge is 0.481 e. The maximum atomic E-state index is 12.3. The molecule has 0 rings (SSSR count). The van der Waals surface area contributed by atoms with Crippen LogP contribution in [0.2, 0.25) is 0 Å². The summed E-state index contributed by atoms with van der Waals surface area (Å²) in [6, 6.07) is -6.61. The molecule has 0 aromatic heterocycles. The molecule has 0 aromatic carbocycles. The van der Waals surface area contributed by atoms with Crippen molar-refractivity contribution >= 4 is 29.7 Å². The molecule has 0 bridgehead atoms. The monoisotopic (exact) mass is 422 g/mol. The highest BCUT2D eigenvalue weighted by Crippen LogP contribution is 1.99. The van der Waals surface area contributed by atoms with Crippen LogP contribution >= 0.6 is 0 Å². The molecule has 0 fully saturated rings. The first-order chi connectivity index (χ1) is 13.3. The van der Waals surface area contributed by atoms with Crippen molar-refractivity contribution in [1.82, 2.24) is 16.0 Å². The summed E-state index contributed by atoms with van der Waals surface area (Å²) in [6.45, 7) is 1.30. The molecule has 0 aromatic rings. The molecular formula is C15H26N4O10. The van der Waals surface area contributed by atoms with Crippen LogP contribution < -0.4 is 21.7 Å². The Labute approximate surface area is 165 Å². The van der Waals surface area contributed by atoms with Crippen LogP contribution in [0.3, 0.4) is 0 Å². The van der Waals surface area contributed by atoms with Gasteiger partial charge in [0, 0.05) is 0 Å². The molecule has 3 amide bonds. The van der Waals surface area contributed by atoms with Crippen LogP contribution in [0.15, 0.2) is 0 Å². The van der Waals surface area contributed by atoms with Gasteiger partial charge in [0.15, 0.2) is 6.04 Å². The van der Waals surface area contributed by atoms with E-state index < -0.39 is 79.1 Å². The predicted octanol–water partition coefficient (Wildman–Crippen LogP) is -4.92. The Morgan fingerprint density at radius 1 is 0.828 bits per heavy atom. The molecule has 0 saturated heterocycles. The minimum Gasteiger partial charge on any atom is -0.481 e. The number of hydrogen-bond acceptors (Lipinski definition) is 9. The highest BCUT2D eigenvalue weighted by Gasteiger charge is 2.32. The van der Waals surface area contributed by atoms with E-state index in [1.54, 1.807) is 0 Å². The second kappa shape index (κ2) is 11.9. The summed E-state index contributed by atoms with van der Waals surface area (Å²) < 4.78 is 0. The summed E-state index contributed by atoms with van der Waals surface area (Å²) in [5.41, 5.74) is 5.40. The first-order valence-corrected chi connectivity index (χ1v) is 8.40. The number of nitrogens with one attached hydrogen (secondary N) is 3. The predicted molar refractivity (Wildman–Crippen MR) is 94.1 cm³/mol. The second-order valence-electron chi connectivity index (χ2n) is 6.23. The van der Waals surface area contributed by atoms with Gasteiger partial charge in [0.05, 0.1) is 25.2 Å². The summed E-state index contributed by atoms with van der Waals surface area (Å²) in [4.78, 5) is 58.2. The topological polar surface area (TPSA) is 249 Å². The van der Waals surface area contributed by atoms with E-state index in [2.05, 4.69) is 0 Å². The Morgan fingerprint density at radius 3 is 1.69 bits per heavy atom. The third-order valence-electron chi connectivity index (χ3n) is 3.70. The Morgan fingerprint density at radius 2 is 1.31 bits per heavy atom. The lowest BCUT2D eigenvalue weighted by Crippen LogP contribution is -2.60. The minimum absolute atomic E-state index is 0.907. The highest BCUT2D eigenvalue weighted by atomic mass is 16.4. The van der Waals surface area contributed by atoms with Crippen LogP contribution in [-0.2, 0) is 24.0 Å². The lowest BCUT2D eigenvalue weighted by molar-refractivity contribution is -0.146. The Kier molecular flexibility index (Phi) is 10.7. The highest BCUT2D eigenvalue weighted by molar-refractivity contribution is 5.95. The number of aliphatic hydroxyl groups excluding tert-OH is 3. The maximum Gasteiger partial charge on any atom is 0.328 e.